The van der Waals surface area contributed by atoms with Gasteiger partial charge in [-0.3, -0.25) is 14.9 Å². The zero-order valence-electron chi connectivity index (χ0n) is 11.2. The molecule has 2 aliphatic rings. The Morgan fingerprint density at radius 2 is 1.86 bits per heavy atom. The van der Waals surface area contributed by atoms with Gasteiger partial charge in [-0.15, -0.1) is 0 Å². The van der Waals surface area contributed by atoms with Crippen molar-refractivity contribution in [3.8, 4) is 0 Å². The van der Waals surface area contributed by atoms with E-state index >= 15 is 0 Å². The van der Waals surface area contributed by atoms with Gasteiger partial charge in [0.25, 0.3) is 11.6 Å². The largest absolute Gasteiger partial charge is 0.338 e. The normalized spacial score (nSPS) is 24.2. The molecule has 1 saturated heterocycles. The fraction of sp³-hybridized carbons (Fsp3) is 0.500. The number of nitro benzene ring substituents is 1. The van der Waals surface area contributed by atoms with Crippen LogP contribution in [0.25, 0.3) is 0 Å². The summed E-state index contributed by atoms with van der Waals surface area (Å²) in [7, 11) is 0. The smallest absolute Gasteiger partial charge is 0.290 e. The van der Waals surface area contributed by atoms with Gasteiger partial charge in [0.2, 0.25) is 0 Å². The number of rotatable bonds is 2. The van der Waals surface area contributed by atoms with Crippen LogP contribution in [-0.2, 0) is 0 Å². The van der Waals surface area contributed by atoms with Crippen LogP contribution in [0.2, 0.25) is 10.0 Å². The molecule has 1 amide bonds. The molecule has 21 heavy (non-hydrogen) atoms. The predicted molar refractivity (Wildman–Crippen MR) is 79.9 cm³/mol. The summed E-state index contributed by atoms with van der Waals surface area (Å²) in [5.74, 6) is 0.949. The number of halogens is 2. The maximum atomic E-state index is 12.5. The molecule has 1 saturated carbocycles. The van der Waals surface area contributed by atoms with E-state index < -0.39 is 4.92 Å². The van der Waals surface area contributed by atoms with Gasteiger partial charge in [-0.25, -0.2) is 0 Å². The van der Waals surface area contributed by atoms with E-state index in [-0.39, 0.29) is 27.2 Å². The van der Waals surface area contributed by atoms with E-state index in [1.54, 1.807) is 4.90 Å². The van der Waals surface area contributed by atoms with Gasteiger partial charge < -0.3 is 4.90 Å². The van der Waals surface area contributed by atoms with Crippen molar-refractivity contribution in [2.24, 2.45) is 11.8 Å². The molecule has 0 radical (unpaired) electrons. The zero-order chi connectivity index (χ0) is 15.1. The first kappa shape index (κ1) is 14.6. The molecular formula is C14H14Cl2N2O3. The molecule has 1 aromatic rings. The summed E-state index contributed by atoms with van der Waals surface area (Å²) in [6.07, 6.45) is 3.56. The van der Waals surface area contributed by atoms with Crippen LogP contribution in [0.3, 0.4) is 0 Å². The van der Waals surface area contributed by atoms with E-state index in [1.807, 2.05) is 0 Å². The fourth-order valence-electron chi connectivity index (χ4n) is 3.41. The van der Waals surface area contributed by atoms with Crippen molar-refractivity contribution in [3.63, 3.8) is 0 Å². The topological polar surface area (TPSA) is 63.4 Å². The fourth-order valence-corrected chi connectivity index (χ4v) is 3.81. The van der Waals surface area contributed by atoms with E-state index in [0.29, 0.717) is 11.8 Å². The lowest BCUT2D eigenvalue weighted by molar-refractivity contribution is -0.384. The van der Waals surface area contributed by atoms with Crippen LogP contribution in [0.15, 0.2) is 12.1 Å². The highest BCUT2D eigenvalue weighted by molar-refractivity contribution is 6.43. The molecule has 2 unspecified atom stereocenters. The number of benzene rings is 1. The van der Waals surface area contributed by atoms with Crippen molar-refractivity contribution in [1.82, 2.24) is 4.90 Å². The standard InChI is InChI=1S/C14H14Cl2N2O3/c15-11-4-10(5-12(13(11)16)18(20)21)14(19)17-6-8-2-1-3-9(8)7-17/h4-5,8-9H,1-3,6-7H2. The van der Waals surface area contributed by atoms with Gasteiger partial charge in [0, 0.05) is 24.7 Å². The van der Waals surface area contributed by atoms with Gasteiger partial charge >= 0.3 is 0 Å². The van der Waals surface area contributed by atoms with Crippen LogP contribution in [0.5, 0.6) is 0 Å². The Labute approximate surface area is 132 Å². The monoisotopic (exact) mass is 328 g/mol. The molecule has 1 aliphatic heterocycles. The first-order valence-corrected chi connectivity index (χ1v) is 7.65. The van der Waals surface area contributed by atoms with Gasteiger partial charge in [-0.2, -0.15) is 0 Å². The van der Waals surface area contributed by atoms with E-state index in [4.69, 9.17) is 23.2 Å². The first-order valence-electron chi connectivity index (χ1n) is 6.90. The zero-order valence-corrected chi connectivity index (χ0v) is 12.7. The summed E-state index contributed by atoms with van der Waals surface area (Å²) in [5, 5.41) is 10.9. The molecule has 2 fully saturated rings. The Morgan fingerprint density at radius 3 is 2.43 bits per heavy atom. The molecule has 0 bridgehead atoms. The Morgan fingerprint density at radius 1 is 1.24 bits per heavy atom. The van der Waals surface area contributed by atoms with Gasteiger partial charge in [0.05, 0.1) is 9.95 Å². The number of nitrogens with zero attached hydrogens (tertiary/aromatic N) is 2. The Balaban J connectivity index is 1.87. The Bertz CT molecular complexity index is 608. The Kier molecular flexibility index (Phi) is 3.80. The van der Waals surface area contributed by atoms with Crippen LogP contribution < -0.4 is 0 Å². The van der Waals surface area contributed by atoms with Crippen molar-refractivity contribution in [2.45, 2.75) is 19.3 Å². The minimum atomic E-state index is -0.621. The van der Waals surface area contributed by atoms with Crippen molar-refractivity contribution in [3.05, 3.63) is 37.9 Å². The second kappa shape index (κ2) is 5.46. The summed E-state index contributed by atoms with van der Waals surface area (Å²) in [6.45, 7) is 1.47. The third-order valence-corrected chi connectivity index (χ3v) is 5.26. The maximum Gasteiger partial charge on any atom is 0.290 e. The summed E-state index contributed by atoms with van der Waals surface area (Å²) in [5.41, 5.74) is -0.0945. The van der Waals surface area contributed by atoms with E-state index in [9.17, 15) is 14.9 Å². The van der Waals surface area contributed by atoms with Gasteiger partial charge in [-0.05, 0) is 30.7 Å². The highest BCUT2D eigenvalue weighted by Crippen LogP contribution is 2.39. The highest BCUT2D eigenvalue weighted by atomic mass is 35.5. The number of fused-ring (bicyclic) bond motifs is 1. The molecular weight excluding hydrogens is 315 g/mol. The van der Waals surface area contributed by atoms with Gasteiger partial charge in [0.1, 0.15) is 5.02 Å². The lowest BCUT2D eigenvalue weighted by Crippen LogP contribution is -2.29. The predicted octanol–water partition coefficient (Wildman–Crippen LogP) is 3.77. The van der Waals surface area contributed by atoms with Crippen molar-refractivity contribution < 1.29 is 9.72 Å². The SMILES string of the molecule is O=C(c1cc(Cl)c(Cl)c([N+](=O)[O-])c1)N1CC2CCCC2C1. The number of amides is 1. The second-order valence-corrected chi connectivity index (χ2v) is 6.49. The molecule has 0 N–H and O–H groups in total. The molecule has 5 nitrogen and oxygen atoms in total. The van der Waals surface area contributed by atoms with Crippen molar-refractivity contribution in [2.75, 3.05) is 13.1 Å². The van der Waals surface area contributed by atoms with Crippen LogP contribution in [-0.4, -0.2) is 28.8 Å². The molecule has 7 heteroatoms. The maximum absolute atomic E-state index is 12.5. The summed E-state index contributed by atoms with van der Waals surface area (Å²) in [6, 6.07) is 2.62. The third kappa shape index (κ3) is 2.60. The molecule has 0 aromatic heterocycles. The molecule has 1 aromatic carbocycles. The van der Waals surface area contributed by atoms with E-state index in [0.717, 1.165) is 25.9 Å². The van der Waals surface area contributed by atoms with Crippen LogP contribution >= 0.6 is 23.2 Å². The molecule has 0 spiro atoms. The number of likely N-dealkylation sites (tertiary alicyclic amines) is 1. The molecule has 1 heterocycles. The molecule has 112 valence electrons. The number of carbonyl (C=O) groups is 1. The van der Waals surface area contributed by atoms with E-state index in [1.165, 1.54) is 18.6 Å². The number of nitro groups is 1. The lowest BCUT2D eigenvalue weighted by Gasteiger charge is -2.17. The second-order valence-electron chi connectivity index (χ2n) is 5.71. The molecule has 2 atom stereocenters. The number of carbonyl (C=O) groups excluding carboxylic acids is 1. The van der Waals surface area contributed by atoms with E-state index in [2.05, 4.69) is 0 Å². The quantitative estimate of drug-likeness (QED) is 0.613. The van der Waals surface area contributed by atoms with Crippen molar-refractivity contribution in [1.29, 1.82) is 0 Å². The van der Waals surface area contributed by atoms with Gasteiger partial charge in [0.15, 0.2) is 0 Å². The number of hydrogen-bond acceptors (Lipinski definition) is 3. The number of hydrogen-bond donors (Lipinski definition) is 0. The molecule has 1 aliphatic carbocycles. The van der Waals surface area contributed by atoms with Crippen LogP contribution in [0, 0.1) is 22.0 Å². The lowest BCUT2D eigenvalue weighted by atomic mass is 10.0. The third-order valence-electron chi connectivity index (χ3n) is 4.47. The van der Waals surface area contributed by atoms with Crippen molar-refractivity contribution >= 4 is 34.8 Å². The summed E-state index contributed by atoms with van der Waals surface area (Å²) in [4.78, 5) is 24.6. The molecule has 3 rings (SSSR count). The minimum Gasteiger partial charge on any atom is -0.338 e. The average molecular weight is 329 g/mol. The average Bonchev–Trinajstić information content (AvgIpc) is 3.01. The van der Waals surface area contributed by atoms with Crippen LogP contribution in [0.1, 0.15) is 29.6 Å². The van der Waals surface area contributed by atoms with Crippen LogP contribution in [0.4, 0.5) is 5.69 Å². The Hall–Kier alpha value is -1.33. The summed E-state index contributed by atoms with van der Waals surface area (Å²) < 4.78 is 0. The van der Waals surface area contributed by atoms with Gasteiger partial charge in [-0.1, -0.05) is 29.6 Å². The summed E-state index contributed by atoms with van der Waals surface area (Å²) >= 11 is 11.7. The minimum absolute atomic E-state index is 0.0357. The highest BCUT2D eigenvalue weighted by Gasteiger charge is 2.38. The first-order chi connectivity index (χ1) is 9.97.